The van der Waals surface area contributed by atoms with E-state index in [4.69, 9.17) is 0 Å². The van der Waals surface area contributed by atoms with Crippen LogP contribution in [0.4, 0.5) is 0 Å². The Morgan fingerprint density at radius 3 is 2.25 bits per heavy atom. The maximum Gasteiger partial charge on any atom is 0.145 e. The third kappa shape index (κ3) is 4.81. The number of ketones is 1. The summed E-state index contributed by atoms with van der Waals surface area (Å²) >= 11 is 1.78. The van der Waals surface area contributed by atoms with E-state index in [2.05, 4.69) is 20.8 Å². The average molecular weight is 188 g/mol. The van der Waals surface area contributed by atoms with Gasteiger partial charge in [-0.3, -0.25) is 4.79 Å². The second kappa shape index (κ2) is 6.53. The lowest BCUT2D eigenvalue weighted by Gasteiger charge is -2.10. The largest absolute Gasteiger partial charge is 0.298 e. The van der Waals surface area contributed by atoms with Crippen molar-refractivity contribution in [3.05, 3.63) is 0 Å². The highest BCUT2D eigenvalue weighted by Gasteiger charge is 2.11. The van der Waals surface area contributed by atoms with Crippen molar-refractivity contribution >= 4 is 17.5 Å². The lowest BCUT2D eigenvalue weighted by atomic mass is 10.1. The maximum absolute atomic E-state index is 11.4. The van der Waals surface area contributed by atoms with Crippen LogP contribution >= 0.6 is 11.8 Å². The van der Waals surface area contributed by atoms with Gasteiger partial charge in [0.15, 0.2) is 0 Å². The van der Waals surface area contributed by atoms with Gasteiger partial charge in [-0.1, -0.05) is 27.7 Å². The van der Waals surface area contributed by atoms with Gasteiger partial charge in [0.05, 0.1) is 5.75 Å². The summed E-state index contributed by atoms with van der Waals surface area (Å²) in [6.07, 6.45) is 2.12. The summed E-state index contributed by atoms with van der Waals surface area (Å²) < 4.78 is 0. The van der Waals surface area contributed by atoms with Crippen LogP contribution in [-0.2, 0) is 4.79 Å². The van der Waals surface area contributed by atoms with Gasteiger partial charge in [0.2, 0.25) is 0 Å². The predicted molar refractivity (Wildman–Crippen MR) is 56.7 cm³/mol. The lowest BCUT2D eigenvalue weighted by molar-refractivity contribution is -0.119. The Labute approximate surface area is 80.3 Å². The highest BCUT2D eigenvalue weighted by atomic mass is 32.2. The molecule has 0 radical (unpaired) electrons. The first-order chi connectivity index (χ1) is 5.61. The number of Topliss-reactive ketones (excluding diaryl/α,β-unsaturated/α-hetero) is 1. The Morgan fingerprint density at radius 1 is 1.25 bits per heavy atom. The summed E-state index contributed by atoms with van der Waals surface area (Å²) in [6.45, 7) is 8.41. The Balaban J connectivity index is 3.56. The van der Waals surface area contributed by atoms with E-state index in [1.54, 1.807) is 11.8 Å². The molecular weight excluding hydrogens is 168 g/mol. The minimum absolute atomic E-state index is 0.251. The summed E-state index contributed by atoms with van der Waals surface area (Å²) in [6, 6.07) is 0. The van der Waals surface area contributed by atoms with Gasteiger partial charge in [-0.25, -0.2) is 0 Å². The van der Waals surface area contributed by atoms with Crippen LogP contribution in [0.15, 0.2) is 0 Å². The molecular formula is C10H20OS. The number of hydrogen-bond acceptors (Lipinski definition) is 2. The molecule has 0 amide bonds. The fourth-order valence-corrected chi connectivity index (χ4v) is 1.68. The van der Waals surface area contributed by atoms with Crippen molar-refractivity contribution in [1.29, 1.82) is 0 Å². The standard InChI is InChI=1S/C10H20OS/c1-5-8(3)10(11)7-12-9(4)6-2/h8-9H,5-7H2,1-4H3. The van der Waals surface area contributed by atoms with Gasteiger partial charge in [0.25, 0.3) is 0 Å². The second-order valence-electron chi connectivity index (χ2n) is 3.31. The molecule has 0 rings (SSSR count). The van der Waals surface area contributed by atoms with Crippen molar-refractivity contribution in [3.63, 3.8) is 0 Å². The molecule has 0 aromatic rings. The zero-order chi connectivity index (χ0) is 9.56. The van der Waals surface area contributed by atoms with Crippen LogP contribution < -0.4 is 0 Å². The van der Waals surface area contributed by atoms with Gasteiger partial charge in [0, 0.05) is 11.2 Å². The molecule has 0 bridgehead atoms. The van der Waals surface area contributed by atoms with Crippen molar-refractivity contribution < 1.29 is 4.79 Å². The van der Waals surface area contributed by atoms with E-state index in [0.717, 1.165) is 12.8 Å². The molecule has 12 heavy (non-hydrogen) atoms. The first kappa shape index (κ1) is 12.0. The van der Waals surface area contributed by atoms with E-state index in [1.807, 2.05) is 6.92 Å². The van der Waals surface area contributed by atoms with Crippen LogP contribution in [0.2, 0.25) is 0 Å². The lowest BCUT2D eigenvalue weighted by Crippen LogP contribution is -2.13. The third-order valence-corrected chi connectivity index (χ3v) is 3.60. The Kier molecular flexibility index (Phi) is 6.54. The van der Waals surface area contributed by atoms with Crippen LogP contribution in [-0.4, -0.2) is 16.8 Å². The van der Waals surface area contributed by atoms with E-state index < -0.39 is 0 Å². The molecule has 72 valence electrons. The number of hydrogen-bond donors (Lipinski definition) is 0. The first-order valence-corrected chi connectivity index (χ1v) is 5.80. The number of rotatable bonds is 6. The monoisotopic (exact) mass is 188 g/mol. The summed E-state index contributed by atoms with van der Waals surface area (Å²) in [5.41, 5.74) is 0. The molecule has 0 spiro atoms. The van der Waals surface area contributed by atoms with Crippen LogP contribution in [0.25, 0.3) is 0 Å². The maximum atomic E-state index is 11.4. The molecule has 0 aliphatic rings. The molecule has 1 nitrogen and oxygen atoms in total. The summed E-state index contributed by atoms with van der Waals surface area (Å²) in [5.74, 6) is 1.36. The van der Waals surface area contributed by atoms with Gasteiger partial charge in [0.1, 0.15) is 5.78 Å². The van der Waals surface area contributed by atoms with Crippen LogP contribution in [0, 0.1) is 5.92 Å². The van der Waals surface area contributed by atoms with Crippen LogP contribution in [0.5, 0.6) is 0 Å². The first-order valence-electron chi connectivity index (χ1n) is 4.76. The van der Waals surface area contributed by atoms with E-state index in [-0.39, 0.29) is 5.92 Å². The van der Waals surface area contributed by atoms with Crippen molar-refractivity contribution in [2.45, 2.75) is 45.8 Å². The predicted octanol–water partition coefficient (Wildman–Crippen LogP) is 3.13. The van der Waals surface area contributed by atoms with Crippen molar-refractivity contribution in [1.82, 2.24) is 0 Å². The van der Waals surface area contributed by atoms with Crippen molar-refractivity contribution in [2.75, 3.05) is 5.75 Å². The van der Waals surface area contributed by atoms with Gasteiger partial charge < -0.3 is 0 Å². The van der Waals surface area contributed by atoms with E-state index in [9.17, 15) is 4.79 Å². The highest BCUT2D eigenvalue weighted by molar-refractivity contribution is 8.00. The zero-order valence-electron chi connectivity index (χ0n) is 8.59. The smallest absolute Gasteiger partial charge is 0.145 e. The van der Waals surface area contributed by atoms with E-state index in [0.29, 0.717) is 16.8 Å². The molecule has 2 heteroatoms. The summed E-state index contributed by atoms with van der Waals surface area (Å²) in [7, 11) is 0. The molecule has 0 aliphatic heterocycles. The molecule has 0 aromatic carbocycles. The topological polar surface area (TPSA) is 17.1 Å². The minimum Gasteiger partial charge on any atom is -0.298 e. The van der Waals surface area contributed by atoms with Crippen molar-refractivity contribution in [3.8, 4) is 0 Å². The Hall–Kier alpha value is 0.0200. The minimum atomic E-state index is 0.251. The fraction of sp³-hybridized carbons (Fsp3) is 0.900. The molecule has 0 N–H and O–H groups in total. The molecule has 0 heterocycles. The number of carbonyl (C=O) groups excluding carboxylic acids is 1. The average Bonchev–Trinajstić information content (AvgIpc) is 2.11. The SMILES string of the molecule is CCC(C)SCC(=O)C(C)CC. The summed E-state index contributed by atoms with van der Waals surface area (Å²) in [5, 5.41) is 0.623. The van der Waals surface area contributed by atoms with Gasteiger partial charge in [-0.15, -0.1) is 0 Å². The zero-order valence-corrected chi connectivity index (χ0v) is 9.41. The Bertz CT molecular complexity index is 134. The van der Waals surface area contributed by atoms with E-state index in [1.165, 1.54) is 0 Å². The fourth-order valence-electron chi connectivity index (χ4n) is 0.712. The molecule has 0 fully saturated rings. The molecule has 0 saturated heterocycles. The van der Waals surface area contributed by atoms with Gasteiger partial charge in [-0.05, 0) is 12.8 Å². The number of thioether (sulfide) groups is 1. The van der Waals surface area contributed by atoms with Crippen molar-refractivity contribution in [2.24, 2.45) is 5.92 Å². The molecule has 2 atom stereocenters. The second-order valence-corrected chi connectivity index (χ2v) is 4.73. The third-order valence-electron chi connectivity index (χ3n) is 2.25. The number of carbonyl (C=O) groups is 1. The quantitative estimate of drug-likeness (QED) is 0.637. The Morgan fingerprint density at radius 2 is 1.83 bits per heavy atom. The van der Waals surface area contributed by atoms with Crippen LogP contribution in [0.1, 0.15) is 40.5 Å². The molecule has 2 unspecified atom stereocenters. The van der Waals surface area contributed by atoms with Crippen LogP contribution in [0.3, 0.4) is 0 Å². The normalized spacial score (nSPS) is 15.7. The molecule has 0 aliphatic carbocycles. The van der Waals surface area contributed by atoms with E-state index >= 15 is 0 Å². The summed E-state index contributed by atoms with van der Waals surface area (Å²) in [4.78, 5) is 11.4. The van der Waals surface area contributed by atoms with Gasteiger partial charge >= 0.3 is 0 Å². The molecule has 0 aromatic heterocycles. The molecule has 0 saturated carbocycles. The highest BCUT2D eigenvalue weighted by Crippen LogP contribution is 2.16. The van der Waals surface area contributed by atoms with Gasteiger partial charge in [-0.2, -0.15) is 11.8 Å².